The van der Waals surface area contributed by atoms with Crippen LogP contribution in [0.3, 0.4) is 0 Å². The molecule has 0 bridgehead atoms. The summed E-state index contributed by atoms with van der Waals surface area (Å²) >= 11 is 6.35. The fraction of sp³-hybridized carbons (Fsp3) is 0.562. The predicted octanol–water partition coefficient (Wildman–Crippen LogP) is 4.63. The summed E-state index contributed by atoms with van der Waals surface area (Å²) in [4.78, 5) is 4.78. The topological polar surface area (TPSA) is 27.1 Å². The van der Waals surface area contributed by atoms with E-state index < -0.39 is 0 Å². The van der Waals surface area contributed by atoms with Crippen LogP contribution in [-0.4, -0.2) is 15.7 Å². The van der Waals surface area contributed by atoms with Crippen molar-refractivity contribution in [3.63, 3.8) is 0 Å². The van der Waals surface area contributed by atoms with Gasteiger partial charge >= 0.3 is 0 Å². The first-order chi connectivity index (χ1) is 9.42. The van der Waals surface area contributed by atoms with Crippen LogP contribution in [0.25, 0.3) is 11.0 Å². The smallest absolute Gasteiger partial charge is 0.147 e. The molecule has 4 heteroatoms. The fourth-order valence-electron chi connectivity index (χ4n) is 2.68. The van der Waals surface area contributed by atoms with Crippen LogP contribution in [0.15, 0.2) is 18.2 Å². The Hall–Kier alpha value is -1.22. The molecule has 0 aliphatic heterocycles. The van der Waals surface area contributed by atoms with Gasteiger partial charge in [0.2, 0.25) is 0 Å². The van der Waals surface area contributed by atoms with Crippen molar-refractivity contribution in [2.24, 2.45) is 0 Å². The highest BCUT2D eigenvalue weighted by Crippen LogP contribution is 2.47. The fourth-order valence-corrected chi connectivity index (χ4v) is 2.83. The number of halogens is 1. The van der Waals surface area contributed by atoms with Gasteiger partial charge in [-0.2, -0.15) is 0 Å². The molecular weight excluding hydrogens is 272 g/mol. The molecule has 2 aromatic rings. The number of ether oxygens (including phenoxy) is 1. The third-order valence-corrected chi connectivity index (χ3v) is 4.10. The maximum atomic E-state index is 6.35. The van der Waals surface area contributed by atoms with Gasteiger partial charge in [0.15, 0.2) is 0 Å². The normalized spacial score (nSPS) is 18.5. The maximum absolute atomic E-state index is 6.35. The molecule has 1 unspecified atom stereocenters. The second-order valence-corrected chi connectivity index (χ2v) is 6.86. The molecule has 0 spiro atoms. The summed E-state index contributed by atoms with van der Waals surface area (Å²) in [6, 6.07) is 6.13. The number of fused-ring (bicyclic) bond motifs is 1. The molecule has 0 saturated heterocycles. The van der Waals surface area contributed by atoms with Crippen LogP contribution in [0.2, 0.25) is 0 Å². The molecule has 1 aliphatic rings. The number of para-hydroxylation sites is 1. The maximum Gasteiger partial charge on any atom is 0.147 e. The van der Waals surface area contributed by atoms with Gasteiger partial charge in [0.25, 0.3) is 0 Å². The summed E-state index contributed by atoms with van der Waals surface area (Å²) in [6.07, 6.45) is 2.51. The molecule has 1 saturated carbocycles. The molecule has 1 atom stereocenters. The van der Waals surface area contributed by atoms with Crippen molar-refractivity contribution in [2.75, 3.05) is 0 Å². The second-order valence-electron chi connectivity index (χ2n) is 6.21. The summed E-state index contributed by atoms with van der Waals surface area (Å²) in [6.45, 7) is 8.31. The zero-order valence-electron chi connectivity index (χ0n) is 12.5. The predicted molar refractivity (Wildman–Crippen MR) is 82.6 cm³/mol. The van der Waals surface area contributed by atoms with E-state index in [1.54, 1.807) is 0 Å². The lowest BCUT2D eigenvalue weighted by molar-refractivity contribution is 0.245. The van der Waals surface area contributed by atoms with E-state index in [0.717, 1.165) is 22.6 Å². The van der Waals surface area contributed by atoms with Crippen molar-refractivity contribution >= 4 is 22.6 Å². The van der Waals surface area contributed by atoms with Crippen LogP contribution < -0.4 is 4.74 Å². The first kappa shape index (κ1) is 13.7. The van der Waals surface area contributed by atoms with E-state index in [1.165, 1.54) is 12.8 Å². The van der Waals surface area contributed by atoms with Crippen LogP contribution >= 0.6 is 11.6 Å². The number of imidazole rings is 1. The van der Waals surface area contributed by atoms with Crippen molar-refractivity contribution in [1.82, 2.24) is 9.55 Å². The molecule has 1 aromatic carbocycles. The molecule has 0 N–H and O–H groups in total. The van der Waals surface area contributed by atoms with Crippen LogP contribution in [0.1, 0.15) is 51.7 Å². The number of aromatic nitrogens is 2. The highest BCUT2D eigenvalue weighted by Gasteiger charge is 2.42. The van der Waals surface area contributed by atoms with E-state index in [1.807, 2.05) is 32.9 Å². The summed E-state index contributed by atoms with van der Waals surface area (Å²) < 4.78 is 8.20. The van der Waals surface area contributed by atoms with E-state index in [2.05, 4.69) is 17.6 Å². The quantitative estimate of drug-likeness (QED) is 0.768. The van der Waals surface area contributed by atoms with Crippen molar-refractivity contribution in [3.05, 3.63) is 24.0 Å². The zero-order chi connectivity index (χ0) is 14.5. The number of hydrogen-bond donors (Lipinski definition) is 0. The lowest BCUT2D eigenvalue weighted by Crippen LogP contribution is -2.16. The second kappa shape index (κ2) is 4.66. The van der Waals surface area contributed by atoms with Gasteiger partial charge in [0, 0.05) is 5.54 Å². The average Bonchev–Trinajstić information content (AvgIpc) is 2.97. The lowest BCUT2D eigenvalue weighted by Gasteiger charge is -2.17. The van der Waals surface area contributed by atoms with E-state index in [0.29, 0.717) is 0 Å². The van der Waals surface area contributed by atoms with E-state index in [9.17, 15) is 0 Å². The minimum absolute atomic E-state index is 0.105. The third kappa shape index (κ3) is 2.18. The Labute approximate surface area is 124 Å². The first-order valence-electron chi connectivity index (χ1n) is 7.25. The summed E-state index contributed by atoms with van der Waals surface area (Å²) in [7, 11) is 0. The number of nitrogens with zero attached hydrogens (tertiary/aromatic N) is 2. The number of benzene rings is 1. The number of rotatable bonds is 4. The van der Waals surface area contributed by atoms with Crippen molar-refractivity contribution in [3.8, 4) is 5.75 Å². The Morgan fingerprint density at radius 3 is 2.55 bits per heavy atom. The van der Waals surface area contributed by atoms with Crippen molar-refractivity contribution in [1.29, 1.82) is 0 Å². The van der Waals surface area contributed by atoms with Gasteiger partial charge < -0.3 is 9.30 Å². The Balaban J connectivity index is 2.23. The number of alkyl halides is 1. The van der Waals surface area contributed by atoms with Gasteiger partial charge in [-0.1, -0.05) is 6.07 Å². The van der Waals surface area contributed by atoms with E-state index in [-0.39, 0.29) is 17.0 Å². The van der Waals surface area contributed by atoms with Gasteiger partial charge in [-0.3, -0.25) is 0 Å². The molecule has 0 radical (unpaired) electrons. The average molecular weight is 293 g/mol. The largest absolute Gasteiger partial charge is 0.489 e. The molecule has 108 valence electrons. The molecular formula is C16H21ClN2O. The minimum atomic E-state index is -0.105. The Morgan fingerprint density at radius 1 is 1.30 bits per heavy atom. The SMILES string of the molecule is CC(C)Oc1cccc2c1nc(C(C)Cl)n2C1(C)CC1. The van der Waals surface area contributed by atoms with Gasteiger partial charge in [-0.25, -0.2) is 4.98 Å². The van der Waals surface area contributed by atoms with Gasteiger partial charge in [0.1, 0.15) is 17.1 Å². The Morgan fingerprint density at radius 2 is 2.00 bits per heavy atom. The van der Waals surface area contributed by atoms with Crippen LogP contribution in [-0.2, 0) is 5.54 Å². The molecule has 20 heavy (non-hydrogen) atoms. The standard InChI is InChI=1S/C16H21ClN2O/c1-10(2)20-13-7-5-6-12-14(13)18-15(11(3)17)19(12)16(4)8-9-16/h5-7,10-11H,8-9H2,1-4H3. The van der Waals surface area contributed by atoms with Gasteiger partial charge in [-0.05, 0) is 52.7 Å². The molecule has 1 fully saturated rings. The Bertz CT molecular complexity index is 641. The van der Waals surface area contributed by atoms with Crippen molar-refractivity contribution in [2.45, 2.75) is 57.6 Å². The monoisotopic (exact) mass is 292 g/mol. The Kier molecular flexibility index (Phi) is 3.20. The lowest BCUT2D eigenvalue weighted by atomic mass is 10.2. The molecule has 0 amide bonds. The zero-order valence-corrected chi connectivity index (χ0v) is 13.2. The van der Waals surface area contributed by atoms with Crippen LogP contribution in [0.5, 0.6) is 5.75 Å². The van der Waals surface area contributed by atoms with Crippen LogP contribution in [0, 0.1) is 0 Å². The molecule has 1 aliphatic carbocycles. The summed E-state index contributed by atoms with van der Waals surface area (Å²) in [5, 5.41) is -0.105. The van der Waals surface area contributed by atoms with Gasteiger partial charge in [-0.15, -0.1) is 11.6 Å². The van der Waals surface area contributed by atoms with E-state index in [4.69, 9.17) is 21.3 Å². The summed E-state index contributed by atoms with van der Waals surface area (Å²) in [5.74, 6) is 1.79. The highest BCUT2D eigenvalue weighted by molar-refractivity contribution is 6.20. The van der Waals surface area contributed by atoms with Gasteiger partial charge in [0.05, 0.1) is 17.0 Å². The summed E-state index contributed by atoms with van der Waals surface area (Å²) in [5.41, 5.74) is 2.23. The molecule has 1 heterocycles. The van der Waals surface area contributed by atoms with E-state index >= 15 is 0 Å². The van der Waals surface area contributed by atoms with Crippen molar-refractivity contribution < 1.29 is 4.74 Å². The molecule has 1 aromatic heterocycles. The third-order valence-electron chi connectivity index (χ3n) is 3.91. The number of hydrogen-bond acceptors (Lipinski definition) is 2. The minimum Gasteiger partial charge on any atom is -0.489 e. The molecule has 3 rings (SSSR count). The van der Waals surface area contributed by atoms with Crippen LogP contribution in [0.4, 0.5) is 0 Å². The first-order valence-corrected chi connectivity index (χ1v) is 7.68. The molecule has 3 nitrogen and oxygen atoms in total. The highest BCUT2D eigenvalue weighted by atomic mass is 35.5.